The normalized spacial score (nSPS) is 16.8. The van der Waals surface area contributed by atoms with Crippen LogP contribution in [-0.4, -0.2) is 60.2 Å². The van der Waals surface area contributed by atoms with Gasteiger partial charge in [-0.2, -0.15) is 5.10 Å². The monoisotopic (exact) mass is 511 g/mol. The van der Waals surface area contributed by atoms with Crippen LogP contribution in [0.5, 0.6) is 5.75 Å². The molecule has 1 saturated carbocycles. The number of benzene rings is 3. The molecule has 6 rings (SSSR count). The summed E-state index contributed by atoms with van der Waals surface area (Å²) in [5.74, 6) is 1.45. The zero-order chi connectivity index (χ0) is 26.0. The van der Waals surface area contributed by atoms with Crippen LogP contribution in [0.4, 0.5) is 16.3 Å². The highest BCUT2D eigenvalue weighted by Crippen LogP contribution is 2.47. The maximum Gasteiger partial charge on any atom is 0.324 e. The van der Waals surface area contributed by atoms with Gasteiger partial charge in [-0.15, -0.1) is 0 Å². The number of carbonyl (C=O) groups excluding carboxylic acids is 1. The van der Waals surface area contributed by atoms with E-state index in [2.05, 4.69) is 22.5 Å². The first-order chi connectivity index (χ1) is 18.6. The summed E-state index contributed by atoms with van der Waals surface area (Å²) < 4.78 is 13.4. The van der Waals surface area contributed by atoms with E-state index in [0.717, 1.165) is 79.3 Å². The van der Waals surface area contributed by atoms with Crippen molar-refractivity contribution >= 4 is 28.3 Å². The summed E-state index contributed by atoms with van der Waals surface area (Å²) in [5, 5.41) is 12.8. The number of nitrogens with one attached hydrogen (secondary N) is 2. The van der Waals surface area contributed by atoms with Crippen molar-refractivity contribution in [3.05, 3.63) is 78.5 Å². The van der Waals surface area contributed by atoms with Crippen LogP contribution in [0.3, 0.4) is 0 Å². The number of ether oxygens (including phenoxy) is 2. The number of para-hydroxylation sites is 1. The molecule has 2 fully saturated rings. The Kier molecular flexibility index (Phi) is 6.74. The molecule has 8 nitrogen and oxygen atoms in total. The molecule has 0 spiro atoms. The molecule has 1 aromatic heterocycles. The molecule has 4 aromatic rings. The molecule has 2 N–H and O–H groups in total. The Labute approximate surface area is 222 Å². The van der Waals surface area contributed by atoms with Crippen LogP contribution in [0, 0.1) is 0 Å². The molecule has 3 aromatic carbocycles. The molecule has 38 heavy (non-hydrogen) atoms. The summed E-state index contributed by atoms with van der Waals surface area (Å²) in [6.07, 6.45) is 2.22. The molecule has 0 bridgehead atoms. The fourth-order valence-corrected chi connectivity index (χ4v) is 4.86. The van der Waals surface area contributed by atoms with Crippen molar-refractivity contribution in [3.8, 4) is 11.4 Å². The molecule has 0 unspecified atom stereocenters. The van der Waals surface area contributed by atoms with E-state index >= 15 is 0 Å². The topological polar surface area (TPSA) is 80.6 Å². The maximum absolute atomic E-state index is 13.2. The zero-order valence-electron chi connectivity index (χ0n) is 21.7. The molecule has 2 aliphatic rings. The Hall–Kier alpha value is -3.88. The number of hydrogen-bond donors (Lipinski definition) is 2. The maximum atomic E-state index is 13.2. The third-order valence-electron chi connectivity index (χ3n) is 7.47. The van der Waals surface area contributed by atoms with Crippen molar-refractivity contribution < 1.29 is 14.3 Å². The largest absolute Gasteiger partial charge is 0.492 e. The molecule has 1 aliphatic heterocycles. The predicted molar refractivity (Wildman–Crippen MR) is 149 cm³/mol. The quantitative estimate of drug-likeness (QED) is 0.330. The first kappa shape index (κ1) is 24.5. The standard InChI is InChI=1S/C30H33N5O3/c1-30(13-14-30)27-21-28(35(33-27)22-7-3-2-4-8-22)32-29(36)31-25-11-12-26(24-10-6-5-9-23(24)25)38-20-17-34-15-18-37-19-16-34/h2-12,21H,13-20H2,1H3,(H2,31,32,36). The van der Waals surface area contributed by atoms with Crippen LogP contribution >= 0.6 is 0 Å². The summed E-state index contributed by atoms with van der Waals surface area (Å²) >= 11 is 0. The smallest absolute Gasteiger partial charge is 0.324 e. The van der Waals surface area contributed by atoms with Gasteiger partial charge in [-0.3, -0.25) is 10.2 Å². The summed E-state index contributed by atoms with van der Waals surface area (Å²) in [4.78, 5) is 15.6. The number of nitrogens with zero attached hydrogens (tertiary/aromatic N) is 3. The van der Waals surface area contributed by atoms with Crippen molar-refractivity contribution in [1.29, 1.82) is 0 Å². The highest BCUT2D eigenvalue weighted by atomic mass is 16.5. The first-order valence-electron chi connectivity index (χ1n) is 13.3. The van der Waals surface area contributed by atoms with Crippen molar-refractivity contribution in [3.63, 3.8) is 0 Å². The van der Waals surface area contributed by atoms with Gasteiger partial charge in [0.2, 0.25) is 0 Å². The second-order valence-corrected chi connectivity index (χ2v) is 10.3. The van der Waals surface area contributed by atoms with E-state index in [1.807, 2.05) is 77.5 Å². The minimum absolute atomic E-state index is 0.0841. The number of fused-ring (bicyclic) bond motifs is 1. The fourth-order valence-electron chi connectivity index (χ4n) is 4.86. The van der Waals surface area contributed by atoms with E-state index in [1.54, 1.807) is 0 Å². The van der Waals surface area contributed by atoms with Crippen molar-refractivity contribution in [2.45, 2.75) is 25.2 Å². The van der Waals surface area contributed by atoms with Crippen LogP contribution in [0.25, 0.3) is 16.5 Å². The van der Waals surface area contributed by atoms with E-state index in [-0.39, 0.29) is 11.4 Å². The summed E-state index contributed by atoms with van der Waals surface area (Å²) in [7, 11) is 0. The Bertz CT molecular complexity index is 1420. The molecule has 1 aliphatic carbocycles. The summed E-state index contributed by atoms with van der Waals surface area (Å²) in [6, 6.07) is 23.4. The number of hydrogen-bond acceptors (Lipinski definition) is 5. The van der Waals surface area contributed by atoms with Crippen LogP contribution in [0.2, 0.25) is 0 Å². The van der Waals surface area contributed by atoms with Gasteiger partial charge in [0.25, 0.3) is 0 Å². The van der Waals surface area contributed by atoms with Gasteiger partial charge in [0.1, 0.15) is 18.2 Å². The van der Waals surface area contributed by atoms with E-state index < -0.39 is 0 Å². The van der Waals surface area contributed by atoms with Crippen LogP contribution in [0.15, 0.2) is 72.8 Å². The van der Waals surface area contributed by atoms with Gasteiger partial charge in [-0.25, -0.2) is 9.48 Å². The van der Waals surface area contributed by atoms with Crippen molar-refractivity contribution in [1.82, 2.24) is 14.7 Å². The van der Waals surface area contributed by atoms with Gasteiger partial charge in [0.15, 0.2) is 0 Å². The van der Waals surface area contributed by atoms with Crippen LogP contribution in [0.1, 0.15) is 25.5 Å². The number of aromatic nitrogens is 2. The second-order valence-electron chi connectivity index (χ2n) is 10.3. The van der Waals surface area contributed by atoms with Gasteiger partial charge < -0.3 is 14.8 Å². The average Bonchev–Trinajstić information content (AvgIpc) is 3.56. The molecule has 1 saturated heterocycles. The van der Waals surface area contributed by atoms with Gasteiger partial charge in [0, 0.05) is 41.9 Å². The van der Waals surface area contributed by atoms with E-state index in [0.29, 0.717) is 12.4 Å². The van der Waals surface area contributed by atoms with Gasteiger partial charge in [-0.1, -0.05) is 49.4 Å². The number of anilines is 2. The lowest BCUT2D eigenvalue weighted by Gasteiger charge is -2.26. The summed E-state index contributed by atoms with van der Waals surface area (Å²) in [6.45, 7) is 7.09. The third-order valence-corrected chi connectivity index (χ3v) is 7.47. The molecule has 0 atom stereocenters. The Morgan fingerprint density at radius 3 is 2.47 bits per heavy atom. The molecule has 8 heteroatoms. The number of carbonyl (C=O) groups is 1. The molecule has 196 valence electrons. The highest BCUT2D eigenvalue weighted by Gasteiger charge is 2.42. The lowest BCUT2D eigenvalue weighted by atomic mass is 10.1. The first-order valence-corrected chi connectivity index (χ1v) is 13.3. The zero-order valence-corrected chi connectivity index (χ0v) is 21.7. The molecule has 2 amide bonds. The molecular weight excluding hydrogens is 478 g/mol. The fraction of sp³-hybridized carbons (Fsp3) is 0.333. The predicted octanol–water partition coefficient (Wildman–Crippen LogP) is 5.43. The van der Waals surface area contributed by atoms with Gasteiger partial charge in [-0.05, 0) is 37.1 Å². The lowest BCUT2D eigenvalue weighted by molar-refractivity contribution is 0.0323. The average molecular weight is 512 g/mol. The SMILES string of the molecule is CC1(c2cc(NC(=O)Nc3ccc(OCCN4CCOCC4)c4ccccc34)n(-c3ccccc3)n2)CC1. The number of morpholine rings is 1. The van der Waals surface area contributed by atoms with Crippen LogP contribution in [-0.2, 0) is 10.2 Å². The van der Waals surface area contributed by atoms with E-state index in [4.69, 9.17) is 14.6 Å². The van der Waals surface area contributed by atoms with Crippen molar-refractivity contribution in [2.75, 3.05) is 50.1 Å². The van der Waals surface area contributed by atoms with Crippen molar-refractivity contribution in [2.24, 2.45) is 0 Å². The number of amides is 2. The Morgan fingerprint density at radius 2 is 1.71 bits per heavy atom. The van der Waals surface area contributed by atoms with E-state index in [9.17, 15) is 4.79 Å². The van der Waals surface area contributed by atoms with Gasteiger partial charge >= 0.3 is 6.03 Å². The molecular formula is C30H33N5O3. The molecule has 0 radical (unpaired) electrons. The summed E-state index contributed by atoms with van der Waals surface area (Å²) in [5.41, 5.74) is 2.71. The van der Waals surface area contributed by atoms with E-state index in [1.165, 1.54) is 0 Å². The second kappa shape index (κ2) is 10.5. The third kappa shape index (κ3) is 5.23. The minimum atomic E-state index is -0.319. The van der Waals surface area contributed by atoms with Crippen LogP contribution < -0.4 is 15.4 Å². The van der Waals surface area contributed by atoms with Gasteiger partial charge in [0.05, 0.1) is 30.3 Å². The number of urea groups is 1. The molecule has 2 heterocycles. The number of rotatable bonds is 8. The Balaban J connectivity index is 1.19. The highest BCUT2D eigenvalue weighted by molar-refractivity contribution is 6.07. The minimum Gasteiger partial charge on any atom is -0.492 e. The Morgan fingerprint density at radius 1 is 0.974 bits per heavy atom. The lowest BCUT2D eigenvalue weighted by Crippen LogP contribution is -2.38.